The lowest BCUT2D eigenvalue weighted by Gasteiger charge is -2.23. The second kappa shape index (κ2) is 11.0. The molecule has 6 heteroatoms. The number of alkyl halides is 2. The molecule has 0 aliphatic carbocycles. The first kappa shape index (κ1) is 25.6. The van der Waals surface area contributed by atoms with Crippen LogP contribution in [0.1, 0.15) is 42.0 Å². The molecule has 36 heavy (non-hydrogen) atoms. The van der Waals surface area contributed by atoms with Crippen LogP contribution in [0.15, 0.2) is 72.3 Å². The molecule has 0 spiro atoms. The minimum Gasteiger partial charge on any atom is -0.489 e. The molecular formula is C30H30F2O4. The lowest BCUT2D eigenvalue weighted by atomic mass is 9.92. The number of hydrogen-bond donors (Lipinski definition) is 1. The molecule has 1 heterocycles. The Labute approximate surface area is 210 Å². The van der Waals surface area contributed by atoms with E-state index < -0.39 is 11.9 Å². The van der Waals surface area contributed by atoms with Gasteiger partial charge in [0.15, 0.2) is 0 Å². The maximum atomic E-state index is 14.3. The number of hydrogen-bond acceptors (Lipinski definition) is 3. The molecule has 4 rings (SSSR count). The Morgan fingerprint density at radius 2 is 1.83 bits per heavy atom. The van der Waals surface area contributed by atoms with Crippen molar-refractivity contribution < 1.29 is 28.2 Å². The van der Waals surface area contributed by atoms with Crippen LogP contribution in [0, 0.1) is 6.92 Å². The van der Waals surface area contributed by atoms with Gasteiger partial charge in [-0.1, -0.05) is 48.5 Å². The third-order valence-corrected chi connectivity index (χ3v) is 6.47. The molecule has 1 aliphatic heterocycles. The first-order chi connectivity index (χ1) is 17.2. The molecule has 188 valence electrons. The summed E-state index contributed by atoms with van der Waals surface area (Å²) >= 11 is 0. The topological polar surface area (TPSA) is 55.8 Å². The van der Waals surface area contributed by atoms with Crippen LogP contribution in [-0.4, -0.2) is 30.9 Å². The molecule has 0 bridgehead atoms. The second-order valence-corrected chi connectivity index (χ2v) is 9.17. The minimum atomic E-state index is -3.11. The highest BCUT2D eigenvalue weighted by Gasteiger charge is 2.28. The molecule has 0 fully saturated rings. The van der Waals surface area contributed by atoms with E-state index in [1.807, 2.05) is 18.2 Å². The van der Waals surface area contributed by atoms with Gasteiger partial charge in [-0.3, -0.25) is 4.79 Å². The van der Waals surface area contributed by atoms with E-state index in [-0.39, 0.29) is 25.0 Å². The van der Waals surface area contributed by atoms with Crippen LogP contribution < -0.4 is 4.74 Å². The molecule has 3 aromatic carbocycles. The van der Waals surface area contributed by atoms with Gasteiger partial charge in [-0.25, -0.2) is 8.78 Å². The molecule has 0 saturated carbocycles. The van der Waals surface area contributed by atoms with Crippen molar-refractivity contribution >= 4 is 11.5 Å². The molecule has 0 radical (unpaired) electrons. The van der Waals surface area contributed by atoms with E-state index in [0.717, 1.165) is 34.8 Å². The van der Waals surface area contributed by atoms with Crippen molar-refractivity contribution in [3.8, 4) is 16.9 Å². The highest BCUT2D eigenvalue weighted by molar-refractivity contribution is 5.77. The van der Waals surface area contributed by atoms with Crippen LogP contribution in [0.25, 0.3) is 16.7 Å². The molecule has 0 amide bonds. The molecule has 3 aromatic rings. The predicted molar refractivity (Wildman–Crippen MR) is 136 cm³/mol. The van der Waals surface area contributed by atoms with Gasteiger partial charge in [0.05, 0.1) is 13.2 Å². The van der Waals surface area contributed by atoms with Gasteiger partial charge in [0.25, 0.3) is 5.92 Å². The van der Waals surface area contributed by atoms with E-state index in [1.54, 1.807) is 6.07 Å². The summed E-state index contributed by atoms with van der Waals surface area (Å²) in [6.45, 7) is 4.20. The molecule has 1 N–H and O–H groups in total. The van der Waals surface area contributed by atoms with E-state index in [9.17, 15) is 13.6 Å². The summed E-state index contributed by atoms with van der Waals surface area (Å²) in [5.41, 5.74) is 6.77. The van der Waals surface area contributed by atoms with Crippen LogP contribution in [-0.2, 0) is 21.9 Å². The van der Waals surface area contributed by atoms with Crippen molar-refractivity contribution in [2.24, 2.45) is 0 Å². The zero-order valence-electron chi connectivity index (χ0n) is 20.5. The summed E-state index contributed by atoms with van der Waals surface area (Å²) in [6.07, 6.45) is 0.524. The lowest BCUT2D eigenvalue weighted by Crippen LogP contribution is -2.16. The molecule has 1 aliphatic rings. The van der Waals surface area contributed by atoms with Gasteiger partial charge < -0.3 is 14.6 Å². The van der Waals surface area contributed by atoms with Crippen molar-refractivity contribution in [2.75, 3.05) is 19.8 Å². The van der Waals surface area contributed by atoms with E-state index in [1.165, 1.54) is 17.7 Å². The van der Waals surface area contributed by atoms with Gasteiger partial charge in [0.1, 0.15) is 12.4 Å². The Bertz CT molecular complexity index is 1260. The van der Waals surface area contributed by atoms with Crippen molar-refractivity contribution in [1.29, 1.82) is 0 Å². The average molecular weight is 493 g/mol. The molecule has 4 nitrogen and oxygen atoms in total. The Morgan fingerprint density at radius 1 is 1.06 bits per heavy atom. The van der Waals surface area contributed by atoms with Crippen LogP contribution in [0.5, 0.6) is 5.75 Å². The number of halogens is 2. The first-order valence-electron chi connectivity index (χ1n) is 12.0. The van der Waals surface area contributed by atoms with Gasteiger partial charge in [0.2, 0.25) is 0 Å². The standard InChI is InChI=1S/C30H30F2O4/c1-20-8-9-23(16-26(20)21-6-4-3-5-7-21)27-19-35-15-14-24(27)18-36-25-12-10-22(11-13-29(33)34)28(17-25)30(2,31)32/h3-10,12,16-17H,11,13-15,18-19H2,1-2H3,(H,33,34). The maximum absolute atomic E-state index is 14.3. The van der Waals surface area contributed by atoms with Crippen molar-refractivity contribution in [3.05, 3.63) is 94.6 Å². The van der Waals surface area contributed by atoms with Crippen molar-refractivity contribution in [2.45, 2.75) is 39.0 Å². The summed E-state index contributed by atoms with van der Waals surface area (Å²) in [5.74, 6) is -3.80. The quantitative estimate of drug-likeness (QED) is 0.348. The molecule has 0 unspecified atom stereocenters. The minimum absolute atomic E-state index is 0.0399. The predicted octanol–water partition coefficient (Wildman–Crippen LogP) is 7.04. The third-order valence-electron chi connectivity index (χ3n) is 6.47. The van der Waals surface area contributed by atoms with Crippen LogP contribution in [0.4, 0.5) is 8.78 Å². The lowest BCUT2D eigenvalue weighted by molar-refractivity contribution is -0.137. The normalized spacial score (nSPS) is 14.1. The number of carboxylic acids is 1. The van der Waals surface area contributed by atoms with Crippen molar-refractivity contribution in [1.82, 2.24) is 0 Å². The fourth-order valence-corrected chi connectivity index (χ4v) is 4.49. The smallest absolute Gasteiger partial charge is 0.303 e. The van der Waals surface area contributed by atoms with E-state index in [2.05, 4.69) is 37.3 Å². The van der Waals surface area contributed by atoms with Gasteiger partial charge in [0, 0.05) is 18.9 Å². The van der Waals surface area contributed by atoms with Gasteiger partial charge in [-0.15, -0.1) is 0 Å². The number of aliphatic carboxylic acids is 1. The SMILES string of the molecule is Cc1ccc(C2=C(COc3ccc(CCC(=O)O)c(C(C)(F)F)c3)CCOC2)cc1-c1ccccc1. The van der Waals surface area contributed by atoms with Crippen molar-refractivity contribution in [3.63, 3.8) is 0 Å². The average Bonchev–Trinajstić information content (AvgIpc) is 2.87. The Morgan fingerprint density at radius 3 is 2.56 bits per heavy atom. The van der Waals surface area contributed by atoms with Gasteiger partial charge in [-0.05, 0) is 76.9 Å². The maximum Gasteiger partial charge on any atom is 0.303 e. The fraction of sp³-hybridized carbons (Fsp3) is 0.300. The zero-order valence-corrected chi connectivity index (χ0v) is 20.5. The second-order valence-electron chi connectivity index (χ2n) is 9.17. The summed E-state index contributed by atoms with van der Waals surface area (Å²) < 4.78 is 40.3. The Kier molecular flexibility index (Phi) is 7.85. The Hall–Kier alpha value is -3.51. The summed E-state index contributed by atoms with van der Waals surface area (Å²) in [4.78, 5) is 10.9. The number of carbonyl (C=O) groups is 1. The van der Waals surface area contributed by atoms with E-state index in [4.69, 9.17) is 14.6 Å². The van der Waals surface area contributed by atoms with E-state index in [0.29, 0.717) is 30.9 Å². The first-order valence-corrected chi connectivity index (χ1v) is 12.0. The van der Waals surface area contributed by atoms with Crippen LogP contribution >= 0.6 is 0 Å². The Balaban J connectivity index is 1.60. The number of benzene rings is 3. The summed E-state index contributed by atoms with van der Waals surface area (Å²) in [6, 6.07) is 21.1. The zero-order chi connectivity index (χ0) is 25.7. The third kappa shape index (κ3) is 6.18. The monoisotopic (exact) mass is 492 g/mol. The number of aryl methyl sites for hydroxylation is 2. The number of carboxylic acid groups (broad SMARTS) is 1. The highest BCUT2D eigenvalue weighted by atomic mass is 19.3. The molecule has 0 saturated heterocycles. The van der Waals surface area contributed by atoms with E-state index >= 15 is 0 Å². The largest absolute Gasteiger partial charge is 0.489 e. The van der Waals surface area contributed by atoms with Gasteiger partial charge in [-0.2, -0.15) is 0 Å². The van der Waals surface area contributed by atoms with Crippen LogP contribution in [0.3, 0.4) is 0 Å². The van der Waals surface area contributed by atoms with Gasteiger partial charge >= 0.3 is 5.97 Å². The fourth-order valence-electron chi connectivity index (χ4n) is 4.49. The number of ether oxygens (including phenoxy) is 2. The number of rotatable bonds is 9. The summed E-state index contributed by atoms with van der Waals surface area (Å²) in [7, 11) is 0. The summed E-state index contributed by atoms with van der Waals surface area (Å²) in [5, 5.41) is 8.94. The highest BCUT2D eigenvalue weighted by Crippen LogP contribution is 2.35. The molecule has 0 aromatic heterocycles. The van der Waals surface area contributed by atoms with Crippen LogP contribution in [0.2, 0.25) is 0 Å². The molecule has 0 atom stereocenters. The molecular weight excluding hydrogens is 462 g/mol.